The fourth-order valence-corrected chi connectivity index (χ4v) is 6.35. The quantitative estimate of drug-likeness (QED) is 0.412. The number of hydrogen-bond donors (Lipinski definition) is 0. The van der Waals surface area contributed by atoms with Gasteiger partial charge in [-0.2, -0.15) is 0 Å². The molecule has 2 aliphatic heterocycles. The molecule has 8 nitrogen and oxygen atoms in total. The minimum absolute atomic E-state index is 0.0768. The Labute approximate surface area is 211 Å². The van der Waals surface area contributed by atoms with Crippen LogP contribution in [-0.2, 0) is 4.74 Å². The SMILES string of the molecule is CN(CCN1CCCC1)C(=O)c1c(=O)c2cc(F)c(N3CCOCC3)nc2n2c1sc1ccccc12. The molecule has 0 spiro atoms. The van der Waals surface area contributed by atoms with Crippen molar-refractivity contribution in [2.24, 2.45) is 0 Å². The highest BCUT2D eigenvalue weighted by Gasteiger charge is 2.27. The zero-order valence-corrected chi connectivity index (χ0v) is 21.0. The van der Waals surface area contributed by atoms with Gasteiger partial charge in [-0.05, 0) is 44.1 Å². The number of likely N-dealkylation sites (tertiary alicyclic amines) is 1. The molecule has 1 amide bonds. The summed E-state index contributed by atoms with van der Waals surface area (Å²) in [6, 6.07) is 8.98. The smallest absolute Gasteiger partial charge is 0.260 e. The number of halogens is 1. The van der Waals surface area contributed by atoms with Crippen molar-refractivity contribution in [2.45, 2.75) is 12.8 Å². The van der Waals surface area contributed by atoms with Gasteiger partial charge in [-0.15, -0.1) is 11.3 Å². The van der Waals surface area contributed by atoms with E-state index in [1.807, 2.05) is 33.6 Å². The number of aromatic nitrogens is 2. The summed E-state index contributed by atoms with van der Waals surface area (Å²) < 4.78 is 23.5. The van der Waals surface area contributed by atoms with Gasteiger partial charge in [0, 0.05) is 33.2 Å². The Morgan fingerprint density at radius 2 is 1.92 bits per heavy atom. The number of ether oxygens (including phenoxy) is 1. The minimum atomic E-state index is -0.568. The average Bonchev–Trinajstić information content (AvgIpc) is 3.55. The lowest BCUT2D eigenvalue weighted by Crippen LogP contribution is -2.38. The molecule has 0 bridgehead atoms. The van der Waals surface area contributed by atoms with Gasteiger partial charge in [0.05, 0.1) is 28.8 Å². The maximum atomic E-state index is 15.3. The number of pyridine rings is 2. The Morgan fingerprint density at radius 3 is 2.69 bits per heavy atom. The second-order valence-electron chi connectivity index (χ2n) is 9.45. The van der Waals surface area contributed by atoms with E-state index in [-0.39, 0.29) is 22.7 Å². The monoisotopic (exact) mass is 509 g/mol. The van der Waals surface area contributed by atoms with Crippen LogP contribution in [0.1, 0.15) is 23.2 Å². The van der Waals surface area contributed by atoms with Gasteiger partial charge >= 0.3 is 0 Å². The van der Waals surface area contributed by atoms with Crippen molar-refractivity contribution in [1.29, 1.82) is 0 Å². The van der Waals surface area contributed by atoms with Gasteiger partial charge in [0.2, 0.25) is 5.43 Å². The molecular weight excluding hydrogens is 481 g/mol. The van der Waals surface area contributed by atoms with Gasteiger partial charge in [0.1, 0.15) is 10.4 Å². The van der Waals surface area contributed by atoms with Crippen molar-refractivity contribution in [2.75, 3.05) is 64.4 Å². The van der Waals surface area contributed by atoms with Crippen LogP contribution in [0.4, 0.5) is 10.2 Å². The molecule has 3 aromatic heterocycles. The molecule has 0 radical (unpaired) electrons. The van der Waals surface area contributed by atoms with E-state index < -0.39 is 11.2 Å². The molecule has 0 N–H and O–H groups in total. The number of nitrogens with zero attached hydrogens (tertiary/aromatic N) is 5. The van der Waals surface area contributed by atoms with Gasteiger partial charge < -0.3 is 19.4 Å². The highest BCUT2D eigenvalue weighted by Crippen LogP contribution is 2.32. The van der Waals surface area contributed by atoms with Gasteiger partial charge in [-0.3, -0.25) is 14.0 Å². The van der Waals surface area contributed by atoms with Crippen LogP contribution in [0.5, 0.6) is 0 Å². The molecule has 2 aliphatic rings. The zero-order chi connectivity index (χ0) is 24.8. The lowest BCUT2D eigenvalue weighted by Gasteiger charge is -2.28. The van der Waals surface area contributed by atoms with Crippen LogP contribution >= 0.6 is 11.3 Å². The van der Waals surface area contributed by atoms with E-state index >= 15 is 4.39 Å². The van der Waals surface area contributed by atoms with Crippen LogP contribution in [0.2, 0.25) is 0 Å². The number of morpholine rings is 1. The summed E-state index contributed by atoms with van der Waals surface area (Å²) in [5.74, 6) is -0.708. The third-order valence-corrected chi connectivity index (χ3v) is 8.32. The molecule has 1 aromatic carbocycles. The number of anilines is 1. The number of likely N-dealkylation sites (N-methyl/N-ethyl adjacent to an activating group) is 1. The number of rotatable bonds is 5. The van der Waals surface area contributed by atoms with Crippen molar-refractivity contribution >= 4 is 49.1 Å². The molecule has 10 heteroatoms. The molecule has 188 valence electrons. The van der Waals surface area contributed by atoms with Crippen LogP contribution in [0.3, 0.4) is 0 Å². The van der Waals surface area contributed by atoms with Gasteiger partial charge in [-0.25, -0.2) is 9.37 Å². The first-order chi connectivity index (χ1) is 17.5. The van der Waals surface area contributed by atoms with E-state index in [1.165, 1.54) is 30.2 Å². The van der Waals surface area contributed by atoms with E-state index in [0.717, 1.165) is 29.9 Å². The van der Waals surface area contributed by atoms with E-state index in [4.69, 9.17) is 4.74 Å². The summed E-state index contributed by atoms with van der Waals surface area (Å²) in [4.78, 5) is 38.4. The molecule has 4 aromatic rings. The van der Waals surface area contributed by atoms with E-state index in [2.05, 4.69) is 9.88 Å². The van der Waals surface area contributed by atoms with Crippen LogP contribution < -0.4 is 10.3 Å². The minimum Gasteiger partial charge on any atom is -0.378 e. The lowest BCUT2D eigenvalue weighted by molar-refractivity contribution is 0.0783. The molecule has 0 saturated carbocycles. The number of thiazole rings is 1. The predicted octanol–water partition coefficient (Wildman–Crippen LogP) is 3.21. The maximum absolute atomic E-state index is 15.3. The summed E-state index contributed by atoms with van der Waals surface area (Å²) in [7, 11) is 1.73. The predicted molar refractivity (Wildman–Crippen MR) is 140 cm³/mol. The molecule has 0 unspecified atom stereocenters. The second kappa shape index (κ2) is 9.42. The highest BCUT2D eigenvalue weighted by atomic mass is 32.1. The lowest BCUT2D eigenvalue weighted by atomic mass is 10.1. The number of carbonyl (C=O) groups is 1. The van der Waals surface area contributed by atoms with Gasteiger partial charge in [0.25, 0.3) is 5.91 Å². The maximum Gasteiger partial charge on any atom is 0.260 e. The van der Waals surface area contributed by atoms with Crippen LogP contribution in [0.25, 0.3) is 26.1 Å². The molecule has 2 saturated heterocycles. The summed E-state index contributed by atoms with van der Waals surface area (Å²) in [5.41, 5.74) is 0.803. The van der Waals surface area contributed by atoms with Crippen molar-refractivity contribution in [3.8, 4) is 0 Å². The Balaban J connectivity index is 1.53. The summed E-state index contributed by atoms with van der Waals surface area (Å²) in [5, 5.41) is 0.113. The fourth-order valence-electron chi connectivity index (χ4n) is 5.18. The van der Waals surface area contributed by atoms with Crippen molar-refractivity contribution < 1.29 is 13.9 Å². The Bertz CT molecular complexity index is 1520. The largest absolute Gasteiger partial charge is 0.378 e. The van der Waals surface area contributed by atoms with Crippen molar-refractivity contribution in [1.82, 2.24) is 19.2 Å². The fraction of sp³-hybridized carbons (Fsp3) is 0.423. The molecule has 5 heterocycles. The molecule has 2 fully saturated rings. The molecular formula is C26H28FN5O3S. The summed E-state index contributed by atoms with van der Waals surface area (Å²) in [6.07, 6.45) is 2.36. The Morgan fingerprint density at radius 1 is 1.17 bits per heavy atom. The average molecular weight is 510 g/mol. The first-order valence-electron chi connectivity index (χ1n) is 12.4. The van der Waals surface area contributed by atoms with Crippen LogP contribution in [0.15, 0.2) is 35.1 Å². The first kappa shape index (κ1) is 23.3. The van der Waals surface area contributed by atoms with Gasteiger partial charge in [0.15, 0.2) is 17.3 Å². The van der Waals surface area contributed by atoms with E-state index in [1.54, 1.807) is 11.9 Å². The topological polar surface area (TPSA) is 70.4 Å². The molecule has 0 aliphatic carbocycles. The number of para-hydroxylation sites is 1. The summed E-state index contributed by atoms with van der Waals surface area (Å²) in [6.45, 7) is 5.41. The second-order valence-corrected chi connectivity index (χ2v) is 10.5. The standard InChI is InChI=1S/C26H28FN5O3S/c1-29(10-11-30-8-4-5-9-30)25(34)21-22(33)17-16-18(27)24(31-12-14-35-15-13-31)28-23(17)32-19-6-2-3-7-20(19)36-26(21)32/h2-3,6-7,16H,4-5,8-15H2,1H3. The molecule has 36 heavy (non-hydrogen) atoms. The molecule has 6 rings (SSSR count). The third-order valence-electron chi connectivity index (χ3n) is 7.17. The van der Waals surface area contributed by atoms with E-state index in [0.29, 0.717) is 43.3 Å². The van der Waals surface area contributed by atoms with Crippen LogP contribution in [0, 0.1) is 5.82 Å². The number of benzene rings is 1. The number of hydrogen-bond acceptors (Lipinski definition) is 7. The first-order valence-corrected chi connectivity index (χ1v) is 13.2. The zero-order valence-electron chi connectivity index (χ0n) is 20.2. The van der Waals surface area contributed by atoms with Crippen LogP contribution in [-0.4, -0.2) is 84.6 Å². The highest BCUT2D eigenvalue weighted by molar-refractivity contribution is 7.24. The Hall–Kier alpha value is -3.08. The van der Waals surface area contributed by atoms with Crippen molar-refractivity contribution in [3.63, 3.8) is 0 Å². The van der Waals surface area contributed by atoms with Crippen molar-refractivity contribution in [3.05, 3.63) is 51.9 Å². The summed E-state index contributed by atoms with van der Waals surface area (Å²) >= 11 is 1.39. The number of amides is 1. The van der Waals surface area contributed by atoms with Gasteiger partial charge in [-0.1, -0.05) is 12.1 Å². The molecule has 0 atom stereocenters. The Kier molecular flexibility index (Phi) is 6.10. The number of fused-ring (bicyclic) bond motifs is 5. The number of carbonyl (C=O) groups excluding carboxylic acids is 1. The third kappa shape index (κ3) is 3.93. The van der Waals surface area contributed by atoms with E-state index in [9.17, 15) is 9.59 Å². The normalized spacial score (nSPS) is 17.0.